The van der Waals surface area contributed by atoms with E-state index in [2.05, 4.69) is 42.7 Å². The summed E-state index contributed by atoms with van der Waals surface area (Å²) < 4.78 is 7.72. The molecule has 27 heavy (non-hydrogen) atoms. The van der Waals surface area contributed by atoms with E-state index in [0.717, 1.165) is 58.3 Å². The highest BCUT2D eigenvalue weighted by molar-refractivity contribution is 5.21. The number of piperidine rings is 1. The number of H-pyrrole nitrogens is 1. The maximum absolute atomic E-state index is 5.47. The first-order chi connectivity index (χ1) is 13.3. The van der Waals surface area contributed by atoms with Crippen LogP contribution in [-0.2, 0) is 17.8 Å². The van der Waals surface area contributed by atoms with Gasteiger partial charge in [0.1, 0.15) is 5.82 Å². The van der Waals surface area contributed by atoms with Crippen LogP contribution < -0.4 is 0 Å². The second kappa shape index (κ2) is 8.99. The molecule has 0 bridgehead atoms. The predicted molar refractivity (Wildman–Crippen MR) is 105 cm³/mol. The molecule has 2 aromatic rings. The van der Waals surface area contributed by atoms with Crippen molar-refractivity contribution in [3.63, 3.8) is 0 Å². The van der Waals surface area contributed by atoms with Crippen molar-refractivity contribution in [2.24, 2.45) is 0 Å². The number of hydrogen-bond donors (Lipinski definition) is 1. The van der Waals surface area contributed by atoms with Crippen molar-refractivity contribution in [1.82, 2.24) is 29.5 Å². The summed E-state index contributed by atoms with van der Waals surface area (Å²) in [7, 11) is 0. The number of likely N-dealkylation sites (tertiary alicyclic amines) is 1. The number of ether oxygens (including phenoxy) is 1. The Morgan fingerprint density at radius 1 is 1.19 bits per heavy atom. The first-order valence-electron chi connectivity index (χ1n) is 10.3. The lowest BCUT2D eigenvalue weighted by Gasteiger charge is -2.33. The second-order valence-corrected chi connectivity index (χ2v) is 7.86. The second-order valence-electron chi connectivity index (χ2n) is 7.86. The Morgan fingerprint density at radius 3 is 2.89 bits per heavy atom. The minimum absolute atomic E-state index is 0.576. The Hall–Kier alpha value is -1.70. The summed E-state index contributed by atoms with van der Waals surface area (Å²) in [4.78, 5) is 9.41. The minimum Gasteiger partial charge on any atom is -0.379 e. The van der Waals surface area contributed by atoms with E-state index in [1.54, 1.807) is 0 Å². The van der Waals surface area contributed by atoms with Gasteiger partial charge in [-0.15, -0.1) is 0 Å². The average Bonchev–Trinajstić information content (AvgIpc) is 3.32. The summed E-state index contributed by atoms with van der Waals surface area (Å²) in [6.45, 7) is 11.4. The summed E-state index contributed by atoms with van der Waals surface area (Å²) >= 11 is 0. The number of nitrogens with one attached hydrogen (secondary N) is 1. The lowest BCUT2D eigenvalue weighted by atomic mass is 9.92. The summed E-state index contributed by atoms with van der Waals surface area (Å²) in [5.74, 6) is 1.68. The smallest absolute Gasteiger partial charge is 0.105 e. The Morgan fingerprint density at radius 2 is 2.07 bits per heavy atom. The molecule has 0 spiro atoms. The van der Waals surface area contributed by atoms with Crippen LogP contribution in [0.4, 0.5) is 0 Å². The minimum atomic E-state index is 0.576. The van der Waals surface area contributed by atoms with Crippen molar-refractivity contribution >= 4 is 0 Å². The zero-order valence-corrected chi connectivity index (χ0v) is 16.4. The van der Waals surface area contributed by atoms with Gasteiger partial charge in [-0.25, -0.2) is 4.98 Å². The molecule has 7 nitrogen and oxygen atoms in total. The molecule has 0 saturated carbocycles. The number of nitrogens with zero attached hydrogens (tertiary/aromatic N) is 5. The number of aryl methyl sites for hydroxylation is 2. The van der Waals surface area contributed by atoms with E-state index in [-0.39, 0.29) is 0 Å². The molecular formula is C20H32N6O. The molecular weight excluding hydrogens is 340 g/mol. The molecule has 0 aliphatic carbocycles. The van der Waals surface area contributed by atoms with Gasteiger partial charge in [0.05, 0.1) is 19.4 Å². The van der Waals surface area contributed by atoms with Crippen LogP contribution in [0.1, 0.15) is 42.3 Å². The third-order valence-corrected chi connectivity index (χ3v) is 5.96. The normalized spacial score (nSPS) is 22.3. The number of rotatable bonds is 7. The molecule has 2 fully saturated rings. The van der Waals surface area contributed by atoms with Gasteiger partial charge in [0.15, 0.2) is 0 Å². The first-order valence-corrected chi connectivity index (χ1v) is 10.3. The van der Waals surface area contributed by atoms with E-state index in [0.29, 0.717) is 5.92 Å². The molecule has 2 aromatic heterocycles. The summed E-state index contributed by atoms with van der Waals surface area (Å²) in [5.41, 5.74) is 2.73. The van der Waals surface area contributed by atoms with Crippen molar-refractivity contribution in [2.75, 3.05) is 45.9 Å². The van der Waals surface area contributed by atoms with Gasteiger partial charge >= 0.3 is 0 Å². The van der Waals surface area contributed by atoms with E-state index < -0.39 is 0 Å². The molecule has 2 aliphatic heterocycles. The van der Waals surface area contributed by atoms with E-state index in [1.807, 2.05) is 12.4 Å². The van der Waals surface area contributed by atoms with Gasteiger partial charge in [-0.3, -0.25) is 10.00 Å². The van der Waals surface area contributed by atoms with Crippen LogP contribution in [0.5, 0.6) is 0 Å². The Bertz CT molecular complexity index is 705. The number of hydrogen-bond acceptors (Lipinski definition) is 5. The van der Waals surface area contributed by atoms with E-state index in [4.69, 9.17) is 4.74 Å². The molecule has 1 N–H and O–H groups in total. The standard InChI is InChI=1S/C20H32N6O/c1-17-21-5-9-26(17)8-3-7-24-6-2-4-18(15-24)20-19(14-22-23-20)16-25-10-12-27-13-11-25/h5,9,14,18H,2-4,6-8,10-13,15-16H2,1H3,(H,22,23)/t18-/m0/s1. The number of imidazole rings is 1. The molecule has 2 aliphatic rings. The number of aromatic amines is 1. The van der Waals surface area contributed by atoms with Crippen LogP contribution in [-0.4, -0.2) is 75.5 Å². The molecule has 0 amide bonds. The average molecular weight is 373 g/mol. The van der Waals surface area contributed by atoms with Gasteiger partial charge in [0.25, 0.3) is 0 Å². The fourth-order valence-electron chi connectivity index (χ4n) is 4.40. The van der Waals surface area contributed by atoms with Gasteiger partial charge < -0.3 is 14.2 Å². The third-order valence-electron chi connectivity index (χ3n) is 5.96. The first kappa shape index (κ1) is 18.7. The molecule has 1 atom stereocenters. The van der Waals surface area contributed by atoms with Gasteiger partial charge in [0.2, 0.25) is 0 Å². The number of morpholine rings is 1. The van der Waals surface area contributed by atoms with Crippen LogP contribution in [0.15, 0.2) is 18.6 Å². The summed E-state index contributed by atoms with van der Waals surface area (Å²) in [6, 6.07) is 0. The molecule has 0 aromatic carbocycles. The summed E-state index contributed by atoms with van der Waals surface area (Å²) in [5, 5.41) is 7.71. The largest absolute Gasteiger partial charge is 0.379 e. The fraction of sp³-hybridized carbons (Fsp3) is 0.700. The van der Waals surface area contributed by atoms with Crippen molar-refractivity contribution in [3.8, 4) is 0 Å². The highest BCUT2D eigenvalue weighted by Gasteiger charge is 2.25. The highest BCUT2D eigenvalue weighted by Crippen LogP contribution is 2.28. The van der Waals surface area contributed by atoms with E-state index in [9.17, 15) is 0 Å². The van der Waals surface area contributed by atoms with Crippen LogP contribution in [0.3, 0.4) is 0 Å². The molecule has 4 rings (SSSR count). The molecule has 148 valence electrons. The molecule has 7 heteroatoms. The Balaban J connectivity index is 1.30. The zero-order chi connectivity index (χ0) is 18.5. The topological polar surface area (TPSA) is 62.2 Å². The van der Waals surface area contributed by atoms with E-state index in [1.165, 1.54) is 37.1 Å². The quantitative estimate of drug-likeness (QED) is 0.806. The maximum atomic E-state index is 5.47. The van der Waals surface area contributed by atoms with Gasteiger partial charge in [-0.1, -0.05) is 0 Å². The lowest BCUT2D eigenvalue weighted by Crippen LogP contribution is -2.37. The fourth-order valence-corrected chi connectivity index (χ4v) is 4.40. The van der Waals surface area contributed by atoms with Crippen LogP contribution in [0, 0.1) is 6.92 Å². The predicted octanol–water partition coefficient (Wildman–Crippen LogP) is 2.02. The lowest BCUT2D eigenvalue weighted by molar-refractivity contribution is 0.0339. The van der Waals surface area contributed by atoms with Gasteiger partial charge in [-0.05, 0) is 39.3 Å². The Labute approximate surface area is 161 Å². The third kappa shape index (κ3) is 4.78. The number of aromatic nitrogens is 4. The van der Waals surface area contributed by atoms with Crippen molar-refractivity contribution < 1.29 is 4.74 Å². The maximum Gasteiger partial charge on any atom is 0.105 e. The SMILES string of the molecule is Cc1nccn1CCCN1CCC[C@H](c2[nH]ncc2CN2CCOCC2)C1. The highest BCUT2D eigenvalue weighted by atomic mass is 16.5. The molecule has 0 radical (unpaired) electrons. The summed E-state index contributed by atoms with van der Waals surface area (Å²) in [6.07, 6.45) is 9.71. The van der Waals surface area contributed by atoms with Crippen molar-refractivity contribution in [3.05, 3.63) is 35.7 Å². The molecule has 4 heterocycles. The van der Waals surface area contributed by atoms with Crippen LogP contribution >= 0.6 is 0 Å². The molecule has 0 unspecified atom stereocenters. The zero-order valence-electron chi connectivity index (χ0n) is 16.4. The van der Waals surface area contributed by atoms with Gasteiger partial charge in [0, 0.05) is 62.3 Å². The Kier molecular flexibility index (Phi) is 6.21. The van der Waals surface area contributed by atoms with Crippen LogP contribution in [0.2, 0.25) is 0 Å². The van der Waals surface area contributed by atoms with Gasteiger partial charge in [-0.2, -0.15) is 5.10 Å². The monoisotopic (exact) mass is 372 g/mol. The molecule has 2 saturated heterocycles. The van der Waals surface area contributed by atoms with Crippen molar-refractivity contribution in [2.45, 2.75) is 45.2 Å². The van der Waals surface area contributed by atoms with Crippen molar-refractivity contribution in [1.29, 1.82) is 0 Å². The van der Waals surface area contributed by atoms with E-state index >= 15 is 0 Å². The van der Waals surface area contributed by atoms with Crippen LogP contribution in [0.25, 0.3) is 0 Å².